The van der Waals surface area contributed by atoms with E-state index in [4.69, 9.17) is 4.74 Å². The Hall–Kier alpha value is -2.20. The van der Waals surface area contributed by atoms with Crippen LogP contribution in [0.3, 0.4) is 0 Å². The van der Waals surface area contributed by atoms with Crippen LogP contribution in [0.4, 0.5) is 0 Å². The number of hydrogen-bond acceptors (Lipinski definition) is 2. The first kappa shape index (κ1) is 13.2. The molecule has 0 aliphatic heterocycles. The van der Waals surface area contributed by atoms with Crippen molar-refractivity contribution in [3.05, 3.63) is 65.8 Å². The summed E-state index contributed by atoms with van der Waals surface area (Å²) >= 11 is 0. The molecule has 0 radical (unpaired) electrons. The van der Waals surface area contributed by atoms with Crippen LogP contribution in [-0.2, 0) is 16.1 Å². The number of aromatic nitrogens is 1. The molecular weight excluding hydrogens is 240 g/mol. The number of methoxy groups -OCH3 is 1. The summed E-state index contributed by atoms with van der Waals surface area (Å²) in [6, 6.07) is 15.6. The summed E-state index contributed by atoms with van der Waals surface area (Å²) in [5.41, 5.74) is 1.79. The van der Waals surface area contributed by atoms with E-state index in [2.05, 4.69) is 4.99 Å². The van der Waals surface area contributed by atoms with Crippen molar-refractivity contribution in [2.45, 2.75) is 6.54 Å². The minimum Gasteiger partial charge on any atom is -0.375 e. The first-order valence-corrected chi connectivity index (χ1v) is 6.05. The van der Waals surface area contributed by atoms with Crippen LogP contribution >= 0.6 is 0 Å². The molecular formula is C15H16N2O2. The zero-order valence-electron chi connectivity index (χ0n) is 10.8. The van der Waals surface area contributed by atoms with Crippen molar-refractivity contribution in [2.75, 3.05) is 13.7 Å². The van der Waals surface area contributed by atoms with Gasteiger partial charge in [-0.1, -0.05) is 36.4 Å². The van der Waals surface area contributed by atoms with E-state index in [1.165, 1.54) is 7.11 Å². The third kappa shape index (κ3) is 3.89. The van der Waals surface area contributed by atoms with Crippen LogP contribution < -0.4 is 5.49 Å². The van der Waals surface area contributed by atoms with E-state index in [-0.39, 0.29) is 12.5 Å². The molecule has 0 saturated carbocycles. The first-order valence-electron chi connectivity index (χ1n) is 6.05. The van der Waals surface area contributed by atoms with Crippen LogP contribution in [-0.4, -0.2) is 24.2 Å². The molecule has 2 aromatic rings. The van der Waals surface area contributed by atoms with Gasteiger partial charge in [0.05, 0.1) is 0 Å². The Labute approximate surface area is 112 Å². The lowest BCUT2D eigenvalue weighted by Gasteiger charge is -2.07. The Kier molecular flexibility index (Phi) is 4.64. The number of amides is 1. The van der Waals surface area contributed by atoms with Gasteiger partial charge in [-0.3, -0.25) is 4.79 Å². The van der Waals surface area contributed by atoms with Gasteiger partial charge in [0.15, 0.2) is 0 Å². The highest BCUT2D eigenvalue weighted by molar-refractivity contribution is 5.78. The lowest BCUT2D eigenvalue weighted by Crippen LogP contribution is -2.23. The number of nitrogens with zero attached hydrogens (tertiary/aromatic N) is 2. The Morgan fingerprint density at radius 2 is 1.89 bits per heavy atom. The summed E-state index contributed by atoms with van der Waals surface area (Å²) in [5.74, 6) is -0.282. The van der Waals surface area contributed by atoms with Crippen molar-refractivity contribution in [1.82, 2.24) is 4.57 Å². The minimum atomic E-state index is -0.282. The zero-order valence-corrected chi connectivity index (χ0v) is 10.8. The maximum absolute atomic E-state index is 11.5. The van der Waals surface area contributed by atoms with Gasteiger partial charge in [0.2, 0.25) is 0 Å². The number of rotatable bonds is 4. The van der Waals surface area contributed by atoms with E-state index in [9.17, 15) is 4.79 Å². The fourth-order valence-electron chi connectivity index (χ4n) is 1.77. The van der Waals surface area contributed by atoms with Crippen LogP contribution in [0.15, 0.2) is 59.7 Å². The van der Waals surface area contributed by atoms with Gasteiger partial charge in [-0.15, -0.1) is 0 Å². The van der Waals surface area contributed by atoms with Gasteiger partial charge in [0.25, 0.3) is 5.91 Å². The third-order valence-electron chi connectivity index (χ3n) is 2.62. The topological polar surface area (TPSA) is 43.6 Å². The zero-order chi connectivity index (χ0) is 13.5. The number of pyridine rings is 1. The molecule has 98 valence electrons. The van der Waals surface area contributed by atoms with Crippen molar-refractivity contribution in [2.24, 2.45) is 4.99 Å². The number of hydrogen-bond donors (Lipinski definition) is 0. The molecule has 2 rings (SSSR count). The Bertz CT molecular complexity index is 603. The molecule has 1 amide bonds. The molecule has 0 saturated heterocycles. The summed E-state index contributed by atoms with van der Waals surface area (Å²) in [6.45, 7) is 0.682. The monoisotopic (exact) mass is 256 g/mol. The largest absolute Gasteiger partial charge is 0.375 e. The van der Waals surface area contributed by atoms with Crippen molar-refractivity contribution >= 4 is 5.91 Å². The van der Waals surface area contributed by atoms with E-state index in [0.717, 1.165) is 5.56 Å². The second-order valence-corrected chi connectivity index (χ2v) is 4.11. The maximum Gasteiger partial charge on any atom is 0.273 e. The first-order chi connectivity index (χ1) is 9.29. The molecule has 0 unspecified atom stereocenters. The van der Waals surface area contributed by atoms with E-state index in [1.807, 2.05) is 59.3 Å². The standard InChI is InChI=1S/C15H16N2O2/c1-19-12-15(18)16-14-9-5-6-10-17(14)11-13-7-3-2-4-8-13/h2-10H,11-12H2,1H3. The van der Waals surface area contributed by atoms with Crippen LogP contribution in [0.5, 0.6) is 0 Å². The normalized spacial score (nSPS) is 11.5. The van der Waals surface area contributed by atoms with Crippen molar-refractivity contribution in [3.8, 4) is 0 Å². The van der Waals surface area contributed by atoms with Gasteiger partial charge < -0.3 is 9.30 Å². The summed E-state index contributed by atoms with van der Waals surface area (Å²) < 4.78 is 6.71. The number of carbonyl (C=O) groups is 1. The van der Waals surface area contributed by atoms with Crippen LogP contribution in [0, 0.1) is 0 Å². The number of ether oxygens (including phenoxy) is 1. The van der Waals surface area contributed by atoms with E-state index >= 15 is 0 Å². The smallest absolute Gasteiger partial charge is 0.273 e. The molecule has 1 heterocycles. The molecule has 0 aliphatic carbocycles. The molecule has 4 heteroatoms. The molecule has 4 nitrogen and oxygen atoms in total. The third-order valence-corrected chi connectivity index (χ3v) is 2.62. The summed E-state index contributed by atoms with van der Waals surface area (Å²) in [6.07, 6.45) is 1.91. The molecule has 1 aromatic heterocycles. The highest BCUT2D eigenvalue weighted by atomic mass is 16.5. The lowest BCUT2D eigenvalue weighted by molar-refractivity contribution is -0.121. The van der Waals surface area contributed by atoms with Gasteiger partial charge >= 0.3 is 0 Å². The van der Waals surface area contributed by atoms with Gasteiger partial charge in [-0.05, 0) is 17.7 Å². The van der Waals surface area contributed by atoms with E-state index in [0.29, 0.717) is 12.0 Å². The van der Waals surface area contributed by atoms with Gasteiger partial charge in [-0.25, -0.2) is 0 Å². The van der Waals surface area contributed by atoms with Gasteiger partial charge in [0.1, 0.15) is 12.1 Å². The van der Waals surface area contributed by atoms with Gasteiger partial charge in [-0.2, -0.15) is 4.99 Å². The second kappa shape index (κ2) is 6.66. The van der Waals surface area contributed by atoms with Crippen LogP contribution in [0.25, 0.3) is 0 Å². The summed E-state index contributed by atoms with van der Waals surface area (Å²) in [7, 11) is 1.48. The van der Waals surface area contributed by atoms with Gasteiger partial charge in [0, 0.05) is 19.9 Å². The van der Waals surface area contributed by atoms with Crippen molar-refractivity contribution in [3.63, 3.8) is 0 Å². The Morgan fingerprint density at radius 3 is 2.63 bits per heavy atom. The molecule has 0 fully saturated rings. The molecule has 0 bridgehead atoms. The number of benzene rings is 1. The molecule has 19 heavy (non-hydrogen) atoms. The minimum absolute atomic E-state index is 0.000229. The Balaban J connectivity index is 2.29. The fourth-order valence-corrected chi connectivity index (χ4v) is 1.77. The van der Waals surface area contributed by atoms with Crippen LogP contribution in [0.2, 0.25) is 0 Å². The van der Waals surface area contributed by atoms with Crippen LogP contribution in [0.1, 0.15) is 5.56 Å². The fraction of sp³-hybridized carbons (Fsp3) is 0.200. The summed E-state index contributed by atoms with van der Waals surface area (Å²) in [4.78, 5) is 15.6. The average Bonchev–Trinajstić information content (AvgIpc) is 2.42. The molecule has 0 aliphatic rings. The van der Waals surface area contributed by atoms with Crippen molar-refractivity contribution in [1.29, 1.82) is 0 Å². The molecule has 0 atom stereocenters. The maximum atomic E-state index is 11.5. The van der Waals surface area contributed by atoms with E-state index in [1.54, 1.807) is 0 Å². The molecule has 1 aromatic carbocycles. The second-order valence-electron chi connectivity index (χ2n) is 4.11. The highest BCUT2D eigenvalue weighted by Crippen LogP contribution is 2.00. The molecule has 0 N–H and O–H groups in total. The quantitative estimate of drug-likeness (QED) is 0.834. The molecule has 0 spiro atoms. The van der Waals surface area contributed by atoms with Crippen molar-refractivity contribution < 1.29 is 9.53 Å². The number of carbonyl (C=O) groups excluding carboxylic acids is 1. The highest BCUT2D eigenvalue weighted by Gasteiger charge is 1.99. The Morgan fingerprint density at radius 1 is 1.16 bits per heavy atom. The average molecular weight is 256 g/mol. The SMILES string of the molecule is COCC(=O)N=c1ccccn1Cc1ccccc1. The lowest BCUT2D eigenvalue weighted by atomic mass is 10.2. The summed E-state index contributed by atoms with van der Waals surface area (Å²) in [5, 5.41) is 0. The predicted octanol–water partition coefficient (Wildman–Crippen LogP) is 1.61. The van der Waals surface area contributed by atoms with E-state index < -0.39 is 0 Å². The predicted molar refractivity (Wildman–Crippen MR) is 72.4 cm³/mol.